The van der Waals surface area contributed by atoms with Crippen molar-refractivity contribution in [3.63, 3.8) is 0 Å². The van der Waals surface area contributed by atoms with Gasteiger partial charge in [-0.1, -0.05) is 0 Å². The average molecular weight is 127 g/mol. The number of aromatic nitrogens is 1. The predicted molar refractivity (Wildman–Crippen MR) is 32.1 cm³/mol. The Labute approximate surface area is 53.9 Å². The van der Waals surface area contributed by atoms with Crippen LogP contribution in [0.2, 0.25) is 0 Å². The zero-order chi connectivity index (χ0) is 7.56. The van der Waals surface area contributed by atoms with Gasteiger partial charge >= 0.3 is 0 Å². The molecule has 1 rings (SSSR count). The number of pyridine rings is 1. The average Bonchev–Trinajstić information content (AvgIpc) is 1.88. The molecule has 1 heterocycles. The summed E-state index contributed by atoms with van der Waals surface area (Å²) in [7, 11) is 0. The van der Waals surface area contributed by atoms with Crippen molar-refractivity contribution in [1.82, 2.24) is 4.98 Å². The number of rotatable bonds is 1. The van der Waals surface area contributed by atoms with E-state index < -0.39 is 12.3 Å². The molecule has 9 heavy (non-hydrogen) atoms. The highest BCUT2D eigenvalue weighted by Gasteiger charge is 1.96. The number of hydrogen-bond acceptors (Lipinski definition) is 2. The van der Waals surface area contributed by atoms with Gasteiger partial charge in [-0.05, 0) is 12.1 Å². The van der Waals surface area contributed by atoms with Crippen molar-refractivity contribution in [3.8, 4) is 0 Å². The Hall–Kier alpha value is -0.960. The first-order valence-electron chi connectivity index (χ1n) is 3.08. The van der Waals surface area contributed by atoms with Gasteiger partial charge in [-0.25, -0.2) is 4.39 Å². The predicted octanol–water partition coefficient (Wildman–Crippen LogP) is 0.679. The third-order valence-corrected chi connectivity index (χ3v) is 0.945. The van der Waals surface area contributed by atoms with E-state index in [2.05, 4.69) is 4.98 Å². The summed E-state index contributed by atoms with van der Waals surface area (Å²) in [5.74, 6) is -0.523. The minimum Gasteiger partial charge on any atom is -0.325 e. The zero-order valence-electron chi connectivity index (χ0n) is 5.71. The highest BCUT2D eigenvalue weighted by atomic mass is 19.1. The number of nitrogens with two attached hydrogens (primary N) is 1. The van der Waals surface area contributed by atoms with E-state index in [0.717, 1.165) is 0 Å². The molecule has 0 spiro atoms. The molecule has 0 saturated carbocycles. The maximum absolute atomic E-state index is 12.6. The highest BCUT2D eigenvalue weighted by Crippen LogP contribution is 1.99. The summed E-state index contributed by atoms with van der Waals surface area (Å²) in [5.41, 5.74) is 5.07. The quantitative estimate of drug-likeness (QED) is 0.602. The maximum Gasteiger partial charge on any atom is 0.146 e. The molecule has 1 aromatic heterocycles. The smallest absolute Gasteiger partial charge is 0.146 e. The summed E-state index contributed by atoms with van der Waals surface area (Å²) in [6.07, 6.45) is 1.41. The van der Waals surface area contributed by atoms with Crippen LogP contribution in [-0.2, 0) is 6.52 Å². The van der Waals surface area contributed by atoms with Crippen LogP contribution in [0.1, 0.15) is 7.06 Å². The minimum absolute atomic E-state index is 0.0116. The van der Waals surface area contributed by atoms with E-state index in [0.29, 0.717) is 0 Å². The van der Waals surface area contributed by atoms with Gasteiger partial charge in [0.1, 0.15) is 5.82 Å². The number of hydrogen-bond donors (Lipinski definition) is 1. The van der Waals surface area contributed by atoms with Crippen LogP contribution in [0.5, 0.6) is 0 Å². The molecule has 1 atom stereocenters. The second-order valence-corrected chi connectivity index (χ2v) is 1.54. The largest absolute Gasteiger partial charge is 0.325 e. The summed E-state index contributed by atoms with van der Waals surface area (Å²) in [6, 6.07) is 2.69. The van der Waals surface area contributed by atoms with Crippen LogP contribution in [0.3, 0.4) is 0 Å². The Kier molecular flexibility index (Phi) is 1.38. The third kappa shape index (κ3) is 1.23. The first-order chi connectivity index (χ1) is 4.72. The second kappa shape index (κ2) is 2.55. The molecule has 3 heteroatoms. The van der Waals surface area contributed by atoms with E-state index in [4.69, 9.17) is 7.10 Å². The topological polar surface area (TPSA) is 38.9 Å². The van der Waals surface area contributed by atoms with Crippen LogP contribution in [-0.4, -0.2) is 4.98 Å². The molecule has 0 saturated heterocycles. The fraction of sp³-hybridized carbons (Fsp3) is 0.167. The Bertz CT molecular complexity index is 227. The van der Waals surface area contributed by atoms with Crippen molar-refractivity contribution in [2.45, 2.75) is 6.52 Å². The monoisotopic (exact) mass is 127 g/mol. The Morgan fingerprint density at radius 1 is 1.89 bits per heavy atom. The molecule has 2 N–H and O–H groups in total. The summed E-state index contributed by atoms with van der Waals surface area (Å²) in [4.78, 5) is 3.59. The lowest BCUT2D eigenvalue weighted by atomic mass is 10.3. The summed E-state index contributed by atoms with van der Waals surface area (Å²) >= 11 is 0. The normalized spacial score (nSPS) is 14.7. The van der Waals surface area contributed by atoms with E-state index in [1.54, 1.807) is 0 Å². The molecule has 0 aliphatic carbocycles. The first-order valence-corrected chi connectivity index (χ1v) is 2.50. The summed E-state index contributed by atoms with van der Waals surface area (Å²) in [5, 5.41) is 0. The number of nitrogens with zero attached hydrogens (tertiary/aromatic N) is 1. The molecule has 0 aliphatic rings. The number of halogens is 1. The Balaban J connectivity index is 3.03. The molecule has 0 radical (unpaired) electrons. The molecule has 2 nitrogen and oxygen atoms in total. The van der Waals surface area contributed by atoms with Gasteiger partial charge in [-0.3, -0.25) is 4.98 Å². The van der Waals surface area contributed by atoms with Crippen molar-refractivity contribution in [1.29, 1.82) is 0 Å². The van der Waals surface area contributed by atoms with Crippen LogP contribution in [0.4, 0.5) is 4.39 Å². The van der Waals surface area contributed by atoms with Crippen LogP contribution in [0, 0.1) is 5.82 Å². The van der Waals surface area contributed by atoms with Gasteiger partial charge in [0.05, 0.1) is 5.69 Å². The zero-order valence-corrected chi connectivity index (χ0v) is 4.71. The second-order valence-electron chi connectivity index (χ2n) is 1.54. The van der Waals surface area contributed by atoms with Crippen LogP contribution < -0.4 is 5.73 Å². The molecule has 0 aliphatic heterocycles. The summed E-state index contributed by atoms with van der Waals surface area (Å²) < 4.78 is 19.5. The van der Waals surface area contributed by atoms with E-state index in [1.807, 2.05) is 0 Å². The molecular formula is C6H7FN2. The lowest BCUT2D eigenvalue weighted by Gasteiger charge is -1.93. The van der Waals surface area contributed by atoms with Gasteiger partial charge in [0, 0.05) is 14.1 Å². The molecule has 0 fully saturated rings. The van der Waals surface area contributed by atoms with Gasteiger partial charge in [0.25, 0.3) is 0 Å². The van der Waals surface area contributed by atoms with Crippen LogP contribution in [0.25, 0.3) is 0 Å². The van der Waals surface area contributed by atoms with Crippen molar-refractivity contribution >= 4 is 0 Å². The van der Waals surface area contributed by atoms with Gasteiger partial charge in [0.15, 0.2) is 0 Å². The SMILES string of the molecule is [2H]C(N)c1ncccc1F. The lowest BCUT2D eigenvalue weighted by molar-refractivity contribution is 0.600. The Morgan fingerprint density at radius 2 is 2.67 bits per heavy atom. The minimum atomic E-state index is -1.08. The molecular weight excluding hydrogens is 119 g/mol. The fourth-order valence-electron chi connectivity index (χ4n) is 0.521. The fourth-order valence-corrected chi connectivity index (χ4v) is 0.521. The standard InChI is InChI=1S/C6H7FN2/c7-5-2-1-3-9-6(5)4-8/h1-3H,4,8H2/i4D. The third-order valence-electron chi connectivity index (χ3n) is 0.945. The van der Waals surface area contributed by atoms with E-state index in [-0.39, 0.29) is 5.69 Å². The lowest BCUT2D eigenvalue weighted by Crippen LogP contribution is -2.01. The molecule has 0 bridgehead atoms. The highest BCUT2D eigenvalue weighted by molar-refractivity contribution is 5.05. The molecule has 0 amide bonds. The molecule has 1 unspecified atom stereocenters. The molecule has 48 valence electrons. The maximum atomic E-state index is 12.6. The van der Waals surface area contributed by atoms with E-state index >= 15 is 0 Å². The van der Waals surface area contributed by atoms with Crippen molar-refractivity contribution in [2.75, 3.05) is 0 Å². The first kappa shape index (κ1) is 4.88. The van der Waals surface area contributed by atoms with Crippen molar-refractivity contribution in [2.24, 2.45) is 5.73 Å². The molecule has 0 aromatic carbocycles. The van der Waals surface area contributed by atoms with Crippen LogP contribution >= 0.6 is 0 Å². The summed E-state index contributed by atoms with van der Waals surface area (Å²) in [6.45, 7) is -1.08. The van der Waals surface area contributed by atoms with Crippen molar-refractivity contribution in [3.05, 3.63) is 29.8 Å². The van der Waals surface area contributed by atoms with Gasteiger partial charge in [-0.15, -0.1) is 0 Å². The molecule has 1 aromatic rings. The van der Waals surface area contributed by atoms with E-state index in [1.165, 1.54) is 18.3 Å². The van der Waals surface area contributed by atoms with Crippen LogP contribution in [0.15, 0.2) is 18.3 Å². The Morgan fingerprint density at radius 3 is 3.11 bits per heavy atom. The van der Waals surface area contributed by atoms with E-state index in [9.17, 15) is 4.39 Å². The van der Waals surface area contributed by atoms with Gasteiger partial charge in [-0.2, -0.15) is 0 Å². The van der Waals surface area contributed by atoms with Gasteiger partial charge in [0.2, 0.25) is 0 Å². The van der Waals surface area contributed by atoms with Gasteiger partial charge < -0.3 is 5.73 Å². The van der Waals surface area contributed by atoms with Crippen molar-refractivity contribution < 1.29 is 5.76 Å².